The molecule has 1 fully saturated rings. The second kappa shape index (κ2) is 6.34. The Morgan fingerprint density at radius 1 is 1.44 bits per heavy atom. The molecule has 18 heavy (non-hydrogen) atoms. The molecule has 1 saturated heterocycles. The van der Waals surface area contributed by atoms with Crippen molar-refractivity contribution in [2.75, 3.05) is 18.4 Å². The third kappa shape index (κ3) is 3.45. The fourth-order valence-corrected chi connectivity index (χ4v) is 2.79. The number of alkyl halides is 1. The quantitative estimate of drug-likeness (QED) is 0.540. The van der Waals surface area contributed by atoms with Crippen LogP contribution in [0.5, 0.6) is 0 Å². The molecule has 3 nitrogen and oxygen atoms in total. The molecule has 0 radical (unpaired) electrons. The fraction of sp³-hybridized carbons (Fsp3) is 0.462. The number of ether oxygens (including phenoxy) is 1. The van der Waals surface area contributed by atoms with E-state index in [0.29, 0.717) is 13.1 Å². The number of carbonyl (C=O) groups excluding carboxylic acids is 1. The van der Waals surface area contributed by atoms with Gasteiger partial charge in [0.05, 0.1) is 12.2 Å². The lowest BCUT2D eigenvalue weighted by atomic mass is 10.1. The molecule has 1 aromatic rings. The Bertz CT molecular complexity index is 424. The van der Waals surface area contributed by atoms with E-state index in [1.54, 1.807) is 0 Å². The highest BCUT2D eigenvalue weighted by molar-refractivity contribution is 14.1. The zero-order chi connectivity index (χ0) is 13.1. The van der Waals surface area contributed by atoms with Gasteiger partial charge < -0.3 is 9.64 Å². The summed E-state index contributed by atoms with van der Waals surface area (Å²) in [5.74, 6) is 0.0903. The number of carbonyl (C=O) groups is 1. The van der Waals surface area contributed by atoms with E-state index in [2.05, 4.69) is 38.5 Å². The van der Waals surface area contributed by atoms with Gasteiger partial charge in [0.1, 0.15) is 0 Å². The van der Waals surface area contributed by atoms with Crippen LogP contribution in [0.25, 0.3) is 0 Å². The van der Waals surface area contributed by atoms with Crippen LogP contribution in [-0.4, -0.2) is 41.4 Å². The van der Waals surface area contributed by atoms with Gasteiger partial charge in [0, 0.05) is 27.6 Å². The predicted octanol–water partition coefficient (Wildman–Crippen LogP) is 2.92. The molecule has 2 rings (SSSR count). The maximum absolute atomic E-state index is 12.4. The Balaban J connectivity index is 2.10. The van der Waals surface area contributed by atoms with Crippen LogP contribution in [0.15, 0.2) is 24.3 Å². The van der Waals surface area contributed by atoms with E-state index in [0.717, 1.165) is 14.5 Å². The van der Waals surface area contributed by atoms with Crippen LogP contribution in [0.4, 0.5) is 0 Å². The van der Waals surface area contributed by atoms with E-state index in [-0.39, 0.29) is 18.1 Å². The van der Waals surface area contributed by atoms with Crippen LogP contribution < -0.4 is 0 Å². The minimum Gasteiger partial charge on any atom is -0.371 e. The molecule has 1 aliphatic heterocycles. The molecule has 5 heteroatoms. The Labute approximate surface area is 129 Å². The monoisotopic (exact) mass is 423 g/mol. The molecular weight excluding hydrogens is 409 g/mol. The van der Waals surface area contributed by atoms with E-state index in [1.165, 1.54) is 0 Å². The van der Waals surface area contributed by atoms with Crippen LogP contribution in [0.1, 0.15) is 17.3 Å². The Morgan fingerprint density at radius 2 is 2.11 bits per heavy atom. The normalized spacial score (nSPS) is 24.1. The van der Waals surface area contributed by atoms with E-state index >= 15 is 0 Å². The fourth-order valence-electron chi connectivity index (χ4n) is 2.07. The zero-order valence-electron chi connectivity index (χ0n) is 10.1. The SMILES string of the molecule is CC1CN(C(=O)c2ccc(I)cc2)CC(CBr)O1. The lowest BCUT2D eigenvalue weighted by Gasteiger charge is -2.36. The maximum atomic E-state index is 12.4. The van der Waals surface area contributed by atoms with Crippen molar-refractivity contribution in [3.8, 4) is 0 Å². The number of rotatable bonds is 2. The van der Waals surface area contributed by atoms with Crippen molar-refractivity contribution in [3.05, 3.63) is 33.4 Å². The molecule has 0 bridgehead atoms. The van der Waals surface area contributed by atoms with Crippen molar-refractivity contribution in [2.45, 2.75) is 19.1 Å². The van der Waals surface area contributed by atoms with Gasteiger partial charge in [-0.1, -0.05) is 15.9 Å². The van der Waals surface area contributed by atoms with Crippen molar-refractivity contribution in [3.63, 3.8) is 0 Å². The van der Waals surface area contributed by atoms with Gasteiger partial charge in [-0.05, 0) is 53.8 Å². The minimum absolute atomic E-state index is 0.0848. The minimum atomic E-state index is 0.0848. The van der Waals surface area contributed by atoms with Crippen LogP contribution in [-0.2, 0) is 4.74 Å². The van der Waals surface area contributed by atoms with Gasteiger partial charge in [0.15, 0.2) is 0 Å². The molecule has 1 amide bonds. The van der Waals surface area contributed by atoms with Crippen LogP contribution in [0.3, 0.4) is 0 Å². The standard InChI is InChI=1S/C13H15BrINO2/c1-9-7-16(8-12(6-14)18-9)13(17)10-2-4-11(15)5-3-10/h2-5,9,12H,6-8H2,1H3. The molecule has 2 atom stereocenters. The number of morpholine rings is 1. The first-order valence-electron chi connectivity index (χ1n) is 5.86. The second-order valence-corrected chi connectivity index (χ2v) is 6.33. The third-order valence-electron chi connectivity index (χ3n) is 2.88. The zero-order valence-corrected chi connectivity index (χ0v) is 13.8. The number of amides is 1. The summed E-state index contributed by atoms with van der Waals surface area (Å²) in [7, 11) is 0. The van der Waals surface area contributed by atoms with Gasteiger partial charge in [-0.25, -0.2) is 0 Å². The highest BCUT2D eigenvalue weighted by Crippen LogP contribution is 2.16. The van der Waals surface area contributed by atoms with E-state index < -0.39 is 0 Å². The topological polar surface area (TPSA) is 29.5 Å². The van der Waals surface area contributed by atoms with E-state index in [1.807, 2.05) is 36.1 Å². The second-order valence-electron chi connectivity index (χ2n) is 4.44. The third-order valence-corrected chi connectivity index (χ3v) is 4.32. The number of nitrogens with zero attached hydrogens (tertiary/aromatic N) is 1. The van der Waals surface area contributed by atoms with Crippen molar-refractivity contribution in [1.82, 2.24) is 4.90 Å². The van der Waals surface area contributed by atoms with Gasteiger partial charge in [0.25, 0.3) is 5.91 Å². The number of halogens is 2. The molecule has 0 aromatic heterocycles. The largest absolute Gasteiger partial charge is 0.371 e. The average molecular weight is 424 g/mol. The highest BCUT2D eigenvalue weighted by atomic mass is 127. The summed E-state index contributed by atoms with van der Waals surface area (Å²) in [5, 5.41) is 0.758. The molecular formula is C13H15BrINO2. The molecule has 2 unspecified atom stereocenters. The summed E-state index contributed by atoms with van der Waals surface area (Å²) in [6.45, 7) is 3.32. The molecule has 1 aromatic carbocycles. The van der Waals surface area contributed by atoms with Crippen molar-refractivity contribution < 1.29 is 9.53 Å². The maximum Gasteiger partial charge on any atom is 0.254 e. The molecule has 0 N–H and O–H groups in total. The number of hydrogen-bond donors (Lipinski definition) is 0. The average Bonchev–Trinajstić information content (AvgIpc) is 2.38. The van der Waals surface area contributed by atoms with Crippen molar-refractivity contribution in [2.24, 2.45) is 0 Å². The van der Waals surface area contributed by atoms with Crippen LogP contribution >= 0.6 is 38.5 Å². The summed E-state index contributed by atoms with van der Waals surface area (Å²) in [5.41, 5.74) is 0.748. The summed E-state index contributed by atoms with van der Waals surface area (Å²) in [6.07, 6.45) is 0.177. The lowest BCUT2D eigenvalue weighted by Crippen LogP contribution is -2.49. The Morgan fingerprint density at radius 3 is 2.72 bits per heavy atom. The lowest BCUT2D eigenvalue weighted by molar-refractivity contribution is -0.0559. The summed E-state index contributed by atoms with van der Waals surface area (Å²) in [6, 6.07) is 7.68. The molecule has 0 saturated carbocycles. The van der Waals surface area contributed by atoms with Gasteiger partial charge in [0.2, 0.25) is 0 Å². The predicted molar refractivity (Wildman–Crippen MR) is 83.2 cm³/mol. The van der Waals surface area contributed by atoms with Crippen molar-refractivity contribution >= 4 is 44.4 Å². The highest BCUT2D eigenvalue weighted by Gasteiger charge is 2.28. The number of hydrogen-bond acceptors (Lipinski definition) is 2. The first kappa shape index (κ1) is 14.3. The Kier molecular flexibility index (Phi) is 5.03. The number of benzene rings is 1. The van der Waals surface area contributed by atoms with Crippen LogP contribution in [0, 0.1) is 3.57 Å². The molecule has 1 heterocycles. The summed E-state index contributed by atoms with van der Waals surface area (Å²) < 4.78 is 6.87. The first-order valence-corrected chi connectivity index (χ1v) is 8.06. The summed E-state index contributed by atoms with van der Waals surface area (Å²) in [4.78, 5) is 14.2. The molecule has 0 aliphatic carbocycles. The van der Waals surface area contributed by atoms with Gasteiger partial charge in [-0.15, -0.1) is 0 Å². The smallest absolute Gasteiger partial charge is 0.254 e. The van der Waals surface area contributed by atoms with Crippen molar-refractivity contribution in [1.29, 1.82) is 0 Å². The molecule has 98 valence electrons. The van der Waals surface area contributed by atoms with E-state index in [4.69, 9.17) is 4.74 Å². The summed E-state index contributed by atoms with van der Waals surface area (Å²) >= 11 is 5.65. The molecule has 0 spiro atoms. The van der Waals surface area contributed by atoms with Gasteiger partial charge >= 0.3 is 0 Å². The van der Waals surface area contributed by atoms with Gasteiger partial charge in [-0.2, -0.15) is 0 Å². The first-order chi connectivity index (χ1) is 8.60. The van der Waals surface area contributed by atoms with Crippen LogP contribution in [0.2, 0.25) is 0 Å². The Hall–Kier alpha value is -0.140. The molecule has 1 aliphatic rings. The van der Waals surface area contributed by atoms with E-state index in [9.17, 15) is 4.79 Å². The van der Waals surface area contributed by atoms with Gasteiger partial charge in [-0.3, -0.25) is 4.79 Å².